The van der Waals surface area contributed by atoms with Crippen molar-refractivity contribution < 1.29 is 9.53 Å². The van der Waals surface area contributed by atoms with Gasteiger partial charge in [-0.1, -0.05) is 31.7 Å². The van der Waals surface area contributed by atoms with Crippen LogP contribution in [-0.2, 0) is 0 Å². The molecular weight excluding hydrogens is 316 g/mol. The number of hydrogen-bond donors (Lipinski definition) is 2. The molecule has 0 aliphatic heterocycles. The van der Waals surface area contributed by atoms with Gasteiger partial charge in [0.1, 0.15) is 11.6 Å². The van der Waals surface area contributed by atoms with Crippen LogP contribution in [0.25, 0.3) is 0 Å². The Morgan fingerprint density at radius 2 is 1.76 bits per heavy atom. The molecule has 132 valence electrons. The minimum Gasteiger partial charge on any atom is -0.497 e. The van der Waals surface area contributed by atoms with Gasteiger partial charge in [0.25, 0.3) is 5.91 Å². The van der Waals surface area contributed by atoms with Crippen molar-refractivity contribution in [1.29, 1.82) is 0 Å². The fraction of sp³-hybridized carbons (Fsp3) is 0.421. The third kappa shape index (κ3) is 4.92. The van der Waals surface area contributed by atoms with E-state index in [2.05, 4.69) is 20.8 Å². The Labute approximate surface area is 148 Å². The highest BCUT2D eigenvalue weighted by Crippen LogP contribution is 2.20. The maximum Gasteiger partial charge on any atom is 0.256 e. The van der Waals surface area contributed by atoms with Gasteiger partial charge in [0, 0.05) is 11.6 Å². The molecule has 1 aromatic heterocycles. The van der Waals surface area contributed by atoms with Gasteiger partial charge in [-0.25, -0.2) is 0 Å². The molecular formula is C19H24N4O2. The first-order chi connectivity index (χ1) is 12.2. The van der Waals surface area contributed by atoms with Crippen LogP contribution in [0.5, 0.6) is 5.75 Å². The largest absolute Gasteiger partial charge is 0.497 e. The second-order valence-corrected chi connectivity index (χ2v) is 6.32. The summed E-state index contributed by atoms with van der Waals surface area (Å²) in [5.41, 5.74) is 0.516. The van der Waals surface area contributed by atoms with E-state index in [0.29, 0.717) is 23.2 Å². The Morgan fingerprint density at radius 3 is 2.44 bits per heavy atom. The van der Waals surface area contributed by atoms with Crippen molar-refractivity contribution in [2.45, 2.75) is 44.6 Å². The van der Waals surface area contributed by atoms with E-state index in [0.717, 1.165) is 5.82 Å². The third-order valence-electron chi connectivity index (χ3n) is 4.45. The van der Waals surface area contributed by atoms with Crippen molar-refractivity contribution in [1.82, 2.24) is 10.2 Å². The van der Waals surface area contributed by atoms with Crippen LogP contribution in [0.1, 0.15) is 48.9 Å². The average molecular weight is 340 g/mol. The van der Waals surface area contributed by atoms with Crippen LogP contribution in [0.15, 0.2) is 36.4 Å². The van der Waals surface area contributed by atoms with E-state index < -0.39 is 0 Å². The van der Waals surface area contributed by atoms with Crippen LogP contribution in [0.3, 0.4) is 0 Å². The van der Waals surface area contributed by atoms with Crippen molar-refractivity contribution in [2.24, 2.45) is 0 Å². The molecule has 0 radical (unpaired) electrons. The second kappa shape index (κ2) is 8.46. The lowest BCUT2D eigenvalue weighted by atomic mass is 10.1. The maximum absolute atomic E-state index is 12.3. The Bertz CT molecular complexity index is 695. The van der Waals surface area contributed by atoms with E-state index >= 15 is 0 Å². The molecule has 0 bridgehead atoms. The molecule has 25 heavy (non-hydrogen) atoms. The highest BCUT2D eigenvalue weighted by molar-refractivity contribution is 6.03. The summed E-state index contributed by atoms with van der Waals surface area (Å²) in [6.07, 6.45) is 7.52. The highest BCUT2D eigenvalue weighted by atomic mass is 16.5. The molecule has 1 aliphatic rings. The molecule has 1 fully saturated rings. The quantitative estimate of drug-likeness (QED) is 0.808. The van der Waals surface area contributed by atoms with E-state index in [-0.39, 0.29) is 5.91 Å². The number of amides is 1. The maximum atomic E-state index is 12.3. The number of methoxy groups -OCH3 is 1. The summed E-state index contributed by atoms with van der Waals surface area (Å²) >= 11 is 0. The normalized spacial score (nSPS) is 15.2. The number of benzene rings is 1. The molecule has 0 unspecified atom stereocenters. The second-order valence-electron chi connectivity index (χ2n) is 6.32. The number of nitrogens with zero attached hydrogens (tertiary/aromatic N) is 2. The van der Waals surface area contributed by atoms with E-state index in [1.54, 1.807) is 37.4 Å². The molecule has 2 N–H and O–H groups in total. The van der Waals surface area contributed by atoms with Crippen LogP contribution in [-0.4, -0.2) is 29.3 Å². The van der Waals surface area contributed by atoms with Crippen molar-refractivity contribution in [3.63, 3.8) is 0 Å². The summed E-state index contributed by atoms with van der Waals surface area (Å²) in [6, 6.07) is 11.1. The molecule has 6 nitrogen and oxygen atoms in total. The van der Waals surface area contributed by atoms with Crippen LogP contribution in [0.4, 0.5) is 11.6 Å². The highest BCUT2D eigenvalue weighted by Gasteiger charge is 2.13. The Hall–Kier alpha value is -2.63. The number of carbonyl (C=O) groups excluding carboxylic acids is 1. The minimum atomic E-state index is -0.238. The zero-order chi connectivity index (χ0) is 17.5. The summed E-state index contributed by atoms with van der Waals surface area (Å²) in [7, 11) is 1.57. The SMILES string of the molecule is COc1cccc(C(=O)Nc2ccc(NC3CCCCCC3)nn2)c1. The van der Waals surface area contributed by atoms with Gasteiger partial charge in [0.2, 0.25) is 0 Å². The van der Waals surface area contributed by atoms with E-state index in [9.17, 15) is 4.79 Å². The molecule has 1 amide bonds. The summed E-state index contributed by atoms with van der Waals surface area (Å²) in [5.74, 6) is 1.59. The van der Waals surface area contributed by atoms with Gasteiger partial charge in [-0.05, 0) is 43.2 Å². The molecule has 1 aliphatic carbocycles. The topological polar surface area (TPSA) is 76.1 Å². The third-order valence-corrected chi connectivity index (χ3v) is 4.45. The van der Waals surface area contributed by atoms with Gasteiger partial charge in [-0.15, -0.1) is 10.2 Å². The molecule has 0 spiro atoms. The van der Waals surface area contributed by atoms with Gasteiger partial charge < -0.3 is 15.4 Å². The predicted molar refractivity (Wildman–Crippen MR) is 98.1 cm³/mol. The molecule has 6 heteroatoms. The monoisotopic (exact) mass is 340 g/mol. The first kappa shape index (κ1) is 17.2. The lowest BCUT2D eigenvalue weighted by molar-refractivity contribution is 0.102. The summed E-state index contributed by atoms with van der Waals surface area (Å²) in [4.78, 5) is 12.3. The minimum absolute atomic E-state index is 0.238. The van der Waals surface area contributed by atoms with Crippen LogP contribution < -0.4 is 15.4 Å². The summed E-state index contributed by atoms with van der Waals surface area (Å²) < 4.78 is 5.14. The van der Waals surface area contributed by atoms with Crippen molar-refractivity contribution in [3.05, 3.63) is 42.0 Å². The lowest BCUT2D eigenvalue weighted by Crippen LogP contribution is -2.19. The van der Waals surface area contributed by atoms with Crippen LogP contribution in [0, 0.1) is 0 Å². The van der Waals surface area contributed by atoms with Crippen LogP contribution >= 0.6 is 0 Å². The molecule has 2 aromatic rings. The van der Waals surface area contributed by atoms with E-state index in [1.165, 1.54) is 38.5 Å². The first-order valence-corrected chi connectivity index (χ1v) is 8.80. The van der Waals surface area contributed by atoms with Gasteiger partial charge in [0.15, 0.2) is 5.82 Å². The number of rotatable bonds is 5. The van der Waals surface area contributed by atoms with Crippen molar-refractivity contribution in [3.8, 4) is 5.75 Å². The van der Waals surface area contributed by atoms with Gasteiger partial charge in [-0.3, -0.25) is 4.79 Å². The molecule has 1 heterocycles. The standard InChI is InChI=1S/C19H24N4O2/c1-25-16-10-6-7-14(13-16)19(24)21-18-12-11-17(22-23-18)20-15-8-4-2-3-5-9-15/h6-7,10-13,15H,2-5,8-9H2,1H3,(H,20,22)(H,21,23,24). The Morgan fingerprint density at radius 1 is 1.04 bits per heavy atom. The Kier molecular flexibility index (Phi) is 5.82. The first-order valence-electron chi connectivity index (χ1n) is 8.80. The zero-order valence-corrected chi connectivity index (χ0v) is 14.5. The molecule has 1 aromatic carbocycles. The zero-order valence-electron chi connectivity index (χ0n) is 14.5. The fourth-order valence-electron chi connectivity index (χ4n) is 3.06. The number of nitrogens with one attached hydrogen (secondary N) is 2. The predicted octanol–water partition coefficient (Wildman–Crippen LogP) is 3.87. The molecule has 1 saturated carbocycles. The summed E-state index contributed by atoms with van der Waals surface area (Å²) in [5, 5.41) is 14.5. The lowest BCUT2D eigenvalue weighted by Gasteiger charge is -2.16. The summed E-state index contributed by atoms with van der Waals surface area (Å²) in [6.45, 7) is 0. The number of anilines is 2. The van der Waals surface area contributed by atoms with E-state index in [4.69, 9.17) is 4.74 Å². The molecule has 3 rings (SSSR count). The number of ether oxygens (including phenoxy) is 1. The Balaban J connectivity index is 1.59. The van der Waals surface area contributed by atoms with E-state index in [1.807, 2.05) is 6.07 Å². The van der Waals surface area contributed by atoms with Crippen molar-refractivity contribution >= 4 is 17.5 Å². The van der Waals surface area contributed by atoms with Crippen LogP contribution in [0.2, 0.25) is 0 Å². The van der Waals surface area contributed by atoms with Crippen molar-refractivity contribution in [2.75, 3.05) is 17.7 Å². The van der Waals surface area contributed by atoms with Gasteiger partial charge in [0.05, 0.1) is 7.11 Å². The fourth-order valence-corrected chi connectivity index (χ4v) is 3.06. The number of carbonyl (C=O) groups is 1. The number of aromatic nitrogens is 2. The number of hydrogen-bond acceptors (Lipinski definition) is 5. The van der Waals surface area contributed by atoms with Gasteiger partial charge >= 0.3 is 0 Å². The smallest absolute Gasteiger partial charge is 0.256 e. The molecule has 0 saturated heterocycles. The average Bonchev–Trinajstić information content (AvgIpc) is 2.92. The molecule has 0 atom stereocenters. The van der Waals surface area contributed by atoms with Gasteiger partial charge in [-0.2, -0.15) is 0 Å².